The molecule has 1 heterocycles. The molecular weight excluding hydrogens is 312 g/mol. The van der Waals surface area contributed by atoms with Crippen molar-refractivity contribution >= 4 is 28.7 Å². The lowest BCUT2D eigenvalue weighted by Gasteiger charge is -2.06. The first-order valence-electron chi connectivity index (χ1n) is 7.73. The van der Waals surface area contributed by atoms with Crippen LogP contribution in [0.2, 0.25) is 0 Å². The first kappa shape index (κ1) is 17.5. The molecule has 0 aliphatic carbocycles. The Morgan fingerprint density at radius 1 is 1.25 bits per heavy atom. The summed E-state index contributed by atoms with van der Waals surface area (Å²) in [5.74, 6) is -1.05. The number of hydrogen-bond donors (Lipinski definition) is 3. The van der Waals surface area contributed by atoms with Crippen LogP contribution in [0.3, 0.4) is 0 Å². The number of carbonyl (C=O) groups excluding carboxylic acids is 2. The van der Waals surface area contributed by atoms with E-state index in [2.05, 4.69) is 10.3 Å². The van der Waals surface area contributed by atoms with Crippen LogP contribution in [0.25, 0.3) is 10.9 Å². The second-order valence-corrected chi connectivity index (χ2v) is 5.45. The summed E-state index contributed by atoms with van der Waals surface area (Å²) in [4.78, 5) is 36.3. The number of aliphatic carboxylic acids is 1. The predicted molar refractivity (Wildman–Crippen MR) is 87.8 cm³/mol. The zero-order valence-corrected chi connectivity index (χ0v) is 13.4. The molecule has 2 aromatic rings. The van der Waals surface area contributed by atoms with Gasteiger partial charge in [0.25, 0.3) is 0 Å². The van der Waals surface area contributed by atoms with Crippen molar-refractivity contribution in [1.29, 1.82) is 0 Å². The summed E-state index contributed by atoms with van der Waals surface area (Å²) in [7, 11) is 0. The van der Waals surface area contributed by atoms with Gasteiger partial charge in [-0.2, -0.15) is 0 Å². The van der Waals surface area contributed by atoms with Crippen LogP contribution in [-0.4, -0.2) is 34.5 Å². The normalized spacial score (nSPS) is 10.5. The van der Waals surface area contributed by atoms with Crippen molar-refractivity contribution in [2.75, 3.05) is 6.54 Å². The third-order valence-electron chi connectivity index (χ3n) is 3.53. The first-order chi connectivity index (χ1) is 11.5. The minimum Gasteiger partial charge on any atom is -0.481 e. The van der Waals surface area contributed by atoms with Gasteiger partial charge in [-0.15, -0.1) is 0 Å². The number of carboxylic acids is 1. The molecular formula is C17H20N2O5. The van der Waals surface area contributed by atoms with Crippen molar-refractivity contribution in [2.24, 2.45) is 0 Å². The quantitative estimate of drug-likeness (QED) is 0.506. The van der Waals surface area contributed by atoms with Gasteiger partial charge < -0.3 is 20.1 Å². The summed E-state index contributed by atoms with van der Waals surface area (Å²) in [6.45, 7) is 2.00. The Kier molecular flexibility index (Phi) is 5.95. The number of fused-ring (bicyclic) bond motifs is 1. The van der Waals surface area contributed by atoms with Crippen LogP contribution in [0.1, 0.15) is 31.7 Å². The molecule has 0 atom stereocenters. The van der Waals surface area contributed by atoms with Gasteiger partial charge in [-0.25, -0.2) is 0 Å². The number of aromatic amines is 1. The van der Waals surface area contributed by atoms with Crippen molar-refractivity contribution in [3.05, 3.63) is 30.0 Å². The van der Waals surface area contributed by atoms with E-state index in [4.69, 9.17) is 9.84 Å². The lowest BCUT2D eigenvalue weighted by molar-refractivity contribution is -0.137. The van der Waals surface area contributed by atoms with Crippen LogP contribution in [0, 0.1) is 0 Å². The van der Waals surface area contributed by atoms with Gasteiger partial charge in [-0.05, 0) is 24.5 Å². The molecule has 0 saturated carbocycles. The van der Waals surface area contributed by atoms with E-state index in [0.717, 1.165) is 10.9 Å². The number of amides is 1. The first-order valence-corrected chi connectivity index (χ1v) is 7.73. The van der Waals surface area contributed by atoms with E-state index in [1.807, 2.05) is 12.3 Å². The summed E-state index contributed by atoms with van der Waals surface area (Å²) in [5.41, 5.74) is 1.73. The number of carboxylic acid groups (broad SMARTS) is 1. The van der Waals surface area contributed by atoms with Crippen molar-refractivity contribution in [3.63, 3.8) is 0 Å². The van der Waals surface area contributed by atoms with E-state index in [-0.39, 0.29) is 25.2 Å². The van der Waals surface area contributed by atoms with Crippen LogP contribution in [0.15, 0.2) is 24.4 Å². The number of hydrogen-bond acceptors (Lipinski definition) is 4. The van der Waals surface area contributed by atoms with E-state index in [9.17, 15) is 14.4 Å². The number of ether oxygens (including phenoxy) is 1. The SMILES string of the molecule is CC(=O)NCCc1c[nH]c2c(OC(=O)CCCC(=O)O)cccc12. The number of benzene rings is 1. The van der Waals surface area contributed by atoms with Crippen LogP contribution in [-0.2, 0) is 20.8 Å². The van der Waals surface area contributed by atoms with Gasteiger partial charge in [0.15, 0.2) is 5.75 Å². The standard InChI is InChI=1S/C17H20N2O5/c1-11(20)18-9-8-12-10-19-17-13(12)4-2-5-14(17)24-16(23)7-3-6-15(21)22/h2,4-5,10,19H,3,6-9H2,1H3,(H,18,20)(H,21,22). The fraction of sp³-hybridized carbons (Fsp3) is 0.353. The maximum atomic E-state index is 11.8. The molecule has 0 unspecified atom stereocenters. The second-order valence-electron chi connectivity index (χ2n) is 5.45. The molecule has 3 N–H and O–H groups in total. The number of rotatable bonds is 8. The number of aromatic nitrogens is 1. The minimum absolute atomic E-state index is 0.0544. The van der Waals surface area contributed by atoms with Gasteiger partial charge in [0.05, 0.1) is 5.52 Å². The van der Waals surface area contributed by atoms with E-state index in [1.165, 1.54) is 6.92 Å². The number of nitrogens with one attached hydrogen (secondary N) is 2. The zero-order valence-electron chi connectivity index (χ0n) is 13.4. The van der Waals surface area contributed by atoms with Gasteiger partial charge in [0.1, 0.15) is 0 Å². The molecule has 1 aromatic heterocycles. The van der Waals surface area contributed by atoms with Gasteiger partial charge in [0, 0.05) is 37.9 Å². The summed E-state index contributed by atoms with van der Waals surface area (Å²) in [6, 6.07) is 5.39. The molecule has 2 rings (SSSR count). The molecule has 0 radical (unpaired) electrons. The topological polar surface area (TPSA) is 108 Å². The maximum Gasteiger partial charge on any atom is 0.311 e. The summed E-state index contributed by atoms with van der Waals surface area (Å²) in [6.07, 6.45) is 2.73. The third kappa shape index (κ3) is 4.84. The molecule has 0 bridgehead atoms. The van der Waals surface area contributed by atoms with Crippen molar-refractivity contribution in [2.45, 2.75) is 32.6 Å². The van der Waals surface area contributed by atoms with Crippen molar-refractivity contribution < 1.29 is 24.2 Å². The zero-order chi connectivity index (χ0) is 17.5. The average Bonchev–Trinajstić information content (AvgIpc) is 2.91. The Morgan fingerprint density at radius 3 is 2.75 bits per heavy atom. The highest BCUT2D eigenvalue weighted by Crippen LogP contribution is 2.27. The fourth-order valence-corrected chi connectivity index (χ4v) is 2.41. The number of carbonyl (C=O) groups is 3. The Morgan fingerprint density at radius 2 is 2.04 bits per heavy atom. The Bertz CT molecular complexity index is 751. The summed E-state index contributed by atoms with van der Waals surface area (Å²) >= 11 is 0. The minimum atomic E-state index is -0.932. The average molecular weight is 332 g/mol. The van der Waals surface area contributed by atoms with Gasteiger partial charge >= 0.3 is 11.9 Å². The smallest absolute Gasteiger partial charge is 0.311 e. The van der Waals surface area contributed by atoms with Crippen molar-refractivity contribution in [1.82, 2.24) is 10.3 Å². The number of H-pyrrole nitrogens is 1. The monoisotopic (exact) mass is 332 g/mol. The van der Waals surface area contributed by atoms with Crippen LogP contribution in [0.5, 0.6) is 5.75 Å². The van der Waals surface area contributed by atoms with Gasteiger partial charge in [-0.1, -0.05) is 12.1 Å². The summed E-state index contributed by atoms with van der Waals surface area (Å²) in [5, 5.41) is 12.3. The van der Waals surface area contributed by atoms with E-state index in [0.29, 0.717) is 24.2 Å². The molecule has 128 valence electrons. The Labute approximate surface area is 139 Å². The fourth-order valence-electron chi connectivity index (χ4n) is 2.41. The Balaban J connectivity index is 2.03. The molecule has 1 aromatic carbocycles. The van der Waals surface area contributed by atoms with E-state index < -0.39 is 11.9 Å². The molecule has 24 heavy (non-hydrogen) atoms. The molecule has 7 heteroatoms. The molecule has 0 aliphatic heterocycles. The van der Waals surface area contributed by atoms with Gasteiger partial charge in [0.2, 0.25) is 5.91 Å². The van der Waals surface area contributed by atoms with Crippen molar-refractivity contribution in [3.8, 4) is 5.75 Å². The largest absolute Gasteiger partial charge is 0.481 e. The Hall–Kier alpha value is -2.83. The highest BCUT2D eigenvalue weighted by molar-refractivity contribution is 5.90. The van der Waals surface area contributed by atoms with Crippen LogP contribution >= 0.6 is 0 Å². The maximum absolute atomic E-state index is 11.8. The lowest BCUT2D eigenvalue weighted by Crippen LogP contribution is -2.22. The van der Waals surface area contributed by atoms with E-state index in [1.54, 1.807) is 12.1 Å². The second kappa shape index (κ2) is 8.14. The predicted octanol–water partition coefficient (Wildman–Crippen LogP) is 2.01. The number of para-hydroxylation sites is 1. The highest BCUT2D eigenvalue weighted by Gasteiger charge is 2.12. The van der Waals surface area contributed by atoms with Crippen LogP contribution in [0.4, 0.5) is 0 Å². The molecule has 0 fully saturated rings. The number of esters is 1. The summed E-state index contributed by atoms with van der Waals surface area (Å²) < 4.78 is 5.33. The molecule has 7 nitrogen and oxygen atoms in total. The molecule has 1 amide bonds. The van der Waals surface area contributed by atoms with E-state index >= 15 is 0 Å². The molecule has 0 saturated heterocycles. The molecule has 0 aliphatic rings. The van der Waals surface area contributed by atoms with Crippen LogP contribution < -0.4 is 10.1 Å². The third-order valence-corrected chi connectivity index (χ3v) is 3.53. The lowest BCUT2D eigenvalue weighted by atomic mass is 10.1. The molecule has 0 spiro atoms. The highest BCUT2D eigenvalue weighted by atomic mass is 16.5. The van der Waals surface area contributed by atoms with Gasteiger partial charge in [-0.3, -0.25) is 14.4 Å².